The Balaban J connectivity index is 2.11. The Labute approximate surface area is 124 Å². The zero-order valence-electron chi connectivity index (χ0n) is 12.1. The van der Waals surface area contributed by atoms with Gasteiger partial charge in [0.15, 0.2) is 9.84 Å². The van der Waals surface area contributed by atoms with Crippen LogP contribution in [0.3, 0.4) is 0 Å². The first-order chi connectivity index (χ1) is 9.79. The number of nitrogens with one attached hydrogen (secondary N) is 2. The van der Waals surface area contributed by atoms with E-state index in [1.165, 1.54) is 12.1 Å². The van der Waals surface area contributed by atoms with Gasteiger partial charge in [-0.1, -0.05) is 6.07 Å². The fraction of sp³-hybridized carbons (Fsp3) is 0.500. The van der Waals surface area contributed by atoms with Crippen molar-refractivity contribution in [3.63, 3.8) is 0 Å². The third-order valence-electron chi connectivity index (χ3n) is 3.71. The van der Waals surface area contributed by atoms with E-state index in [-0.39, 0.29) is 16.7 Å². The highest BCUT2D eigenvalue weighted by molar-refractivity contribution is 7.90. The quantitative estimate of drug-likeness (QED) is 0.710. The zero-order valence-corrected chi connectivity index (χ0v) is 12.9. The number of rotatable bonds is 4. The molecule has 0 bridgehead atoms. The van der Waals surface area contributed by atoms with E-state index in [4.69, 9.17) is 0 Å². The van der Waals surface area contributed by atoms with Gasteiger partial charge in [-0.25, -0.2) is 8.42 Å². The average Bonchev–Trinajstić information content (AvgIpc) is 2.80. The summed E-state index contributed by atoms with van der Waals surface area (Å²) in [7, 11) is -3.34. The van der Waals surface area contributed by atoms with E-state index in [9.17, 15) is 18.3 Å². The van der Waals surface area contributed by atoms with Crippen LogP contribution >= 0.6 is 0 Å². The molecule has 0 saturated carbocycles. The fourth-order valence-electron chi connectivity index (χ4n) is 2.32. The van der Waals surface area contributed by atoms with Gasteiger partial charge in [0.2, 0.25) is 0 Å². The molecule has 1 aromatic carbocycles. The maximum atomic E-state index is 12.2. The van der Waals surface area contributed by atoms with Crippen LogP contribution in [0.1, 0.15) is 15.9 Å². The Morgan fingerprint density at radius 2 is 2.14 bits per heavy atom. The number of β-amino-alcohol motifs (C(OH)–C–C–N with tert-alkyl or cyclic N) is 1. The van der Waals surface area contributed by atoms with E-state index in [1.54, 1.807) is 13.0 Å². The number of aliphatic hydroxyl groups excluding tert-OH is 1. The van der Waals surface area contributed by atoms with E-state index >= 15 is 0 Å². The maximum absolute atomic E-state index is 12.2. The highest BCUT2D eigenvalue weighted by atomic mass is 32.2. The molecule has 7 heteroatoms. The molecule has 1 heterocycles. The topological polar surface area (TPSA) is 95.5 Å². The van der Waals surface area contributed by atoms with Crippen molar-refractivity contribution >= 4 is 15.7 Å². The van der Waals surface area contributed by atoms with Crippen LogP contribution in [0.2, 0.25) is 0 Å². The van der Waals surface area contributed by atoms with Gasteiger partial charge in [0.1, 0.15) is 0 Å². The molecule has 0 aromatic heterocycles. The summed E-state index contributed by atoms with van der Waals surface area (Å²) in [5.41, 5.74) is 1.06. The second kappa shape index (κ2) is 6.13. The number of amides is 1. The molecule has 1 aliphatic rings. The number of benzene rings is 1. The number of carbonyl (C=O) groups is 1. The molecule has 1 aliphatic heterocycles. The first kappa shape index (κ1) is 15.9. The first-order valence-electron chi connectivity index (χ1n) is 6.76. The highest BCUT2D eigenvalue weighted by Gasteiger charge is 2.25. The number of aryl methyl sites for hydroxylation is 1. The normalized spacial score (nSPS) is 22.2. The molecule has 116 valence electrons. The van der Waals surface area contributed by atoms with Crippen LogP contribution in [-0.2, 0) is 9.84 Å². The van der Waals surface area contributed by atoms with Gasteiger partial charge in [-0.15, -0.1) is 0 Å². The second-order valence-electron chi connectivity index (χ2n) is 5.44. The van der Waals surface area contributed by atoms with Gasteiger partial charge >= 0.3 is 0 Å². The number of sulfone groups is 1. The molecule has 0 aliphatic carbocycles. The molecule has 6 nitrogen and oxygen atoms in total. The summed E-state index contributed by atoms with van der Waals surface area (Å²) in [6.07, 6.45) is 0.647. The van der Waals surface area contributed by atoms with Crippen LogP contribution in [0, 0.1) is 12.8 Å². The Hall–Kier alpha value is -1.44. The van der Waals surface area contributed by atoms with Crippen molar-refractivity contribution in [2.75, 3.05) is 25.9 Å². The van der Waals surface area contributed by atoms with Crippen LogP contribution in [0.15, 0.2) is 23.1 Å². The van der Waals surface area contributed by atoms with Gasteiger partial charge in [0.25, 0.3) is 5.91 Å². The van der Waals surface area contributed by atoms with E-state index in [2.05, 4.69) is 10.6 Å². The molecule has 2 rings (SSSR count). The van der Waals surface area contributed by atoms with E-state index in [1.807, 2.05) is 0 Å². The lowest BCUT2D eigenvalue weighted by Crippen LogP contribution is -2.34. The van der Waals surface area contributed by atoms with Gasteiger partial charge in [-0.3, -0.25) is 4.79 Å². The van der Waals surface area contributed by atoms with Crippen molar-refractivity contribution in [3.8, 4) is 0 Å². The molecule has 3 N–H and O–H groups in total. The lowest BCUT2D eigenvalue weighted by atomic mass is 10.1. The van der Waals surface area contributed by atoms with Crippen molar-refractivity contribution in [1.82, 2.24) is 10.6 Å². The molecule has 1 fully saturated rings. The summed E-state index contributed by atoms with van der Waals surface area (Å²) in [4.78, 5) is 12.3. The van der Waals surface area contributed by atoms with Crippen LogP contribution in [0.5, 0.6) is 0 Å². The number of hydrogen-bond acceptors (Lipinski definition) is 5. The Kier molecular flexibility index (Phi) is 4.65. The third-order valence-corrected chi connectivity index (χ3v) is 4.82. The summed E-state index contributed by atoms with van der Waals surface area (Å²) in [6.45, 7) is 3.30. The van der Waals surface area contributed by atoms with Gasteiger partial charge in [0.05, 0.1) is 11.0 Å². The fourth-order valence-corrected chi connectivity index (χ4v) is 2.97. The average molecular weight is 312 g/mol. The minimum absolute atomic E-state index is 0.0210. The highest BCUT2D eigenvalue weighted by Crippen LogP contribution is 2.16. The minimum Gasteiger partial charge on any atom is -0.391 e. The molecule has 1 amide bonds. The summed E-state index contributed by atoms with van der Waals surface area (Å²) in [5, 5.41) is 15.5. The van der Waals surface area contributed by atoms with Gasteiger partial charge in [-0.2, -0.15) is 0 Å². The number of aliphatic hydroxyl groups is 1. The van der Waals surface area contributed by atoms with Crippen molar-refractivity contribution in [1.29, 1.82) is 0 Å². The number of carbonyl (C=O) groups excluding carboxylic acids is 1. The third kappa shape index (κ3) is 3.81. The molecule has 2 unspecified atom stereocenters. The lowest BCUT2D eigenvalue weighted by Gasteiger charge is -2.15. The van der Waals surface area contributed by atoms with Crippen molar-refractivity contribution < 1.29 is 18.3 Å². The standard InChI is InChI=1S/C14H20N2O4S/c1-9-3-4-11(21(2,19)20)5-12(9)14(18)16-7-10-6-15-8-13(10)17/h3-5,10,13,15,17H,6-8H2,1-2H3,(H,16,18). The zero-order chi connectivity index (χ0) is 15.6. The van der Waals surface area contributed by atoms with Crippen LogP contribution in [0.25, 0.3) is 0 Å². The molecule has 1 saturated heterocycles. The molecule has 0 spiro atoms. The minimum atomic E-state index is -3.34. The van der Waals surface area contributed by atoms with E-state index < -0.39 is 15.9 Å². The smallest absolute Gasteiger partial charge is 0.251 e. The predicted octanol–water partition coefficient (Wildman–Crippen LogP) is -0.291. The maximum Gasteiger partial charge on any atom is 0.251 e. The van der Waals surface area contributed by atoms with Crippen molar-refractivity contribution in [2.45, 2.75) is 17.9 Å². The Bertz CT molecular complexity index is 642. The number of hydrogen-bond donors (Lipinski definition) is 3. The molecular weight excluding hydrogens is 292 g/mol. The second-order valence-corrected chi connectivity index (χ2v) is 7.46. The monoisotopic (exact) mass is 312 g/mol. The molecule has 1 aromatic rings. The van der Waals surface area contributed by atoms with Crippen molar-refractivity contribution in [2.24, 2.45) is 5.92 Å². The molecule has 2 atom stereocenters. The van der Waals surface area contributed by atoms with Crippen LogP contribution < -0.4 is 10.6 Å². The summed E-state index contributed by atoms with van der Waals surface area (Å²) in [5.74, 6) is -0.343. The predicted molar refractivity (Wildman–Crippen MR) is 79.0 cm³/mol. The van der Waals surface area contributed by atoms with Crippen molar-refractivity contribution in [3.05, 3.63) is 29.3 Å². The van der Waals surface area contributed by atoms with Gasteiger partial charge in [-0.05, 0) is 24.6 Å². The van der Waals surface area contributed by atoms with Crippen LogP contribution in [-0.4, -0.2) is 51.4 Å². The first-order valence-corrected chi connectivity index (χ1v) is 8.66. The summed E-state index contributed by atoms with van der Waals surface area (Å²) in [6, 6.07) is 4.51. The van der Waals surface area contributed by atoms with E-state index in [0.717, 1.165) is 6.26 Å². The molecule has 0 radical (unpaired) electrons. The Morgan fingerprint density at radius 1 is 1.43 bits per heavy atom. The van der Waals surface area contributed by atoms with Crippen LogP contribution in [0.4, 0.5) is 0 Å². The molecule has 21 heavy (non-hydrogen) atoms. The summed E-state index contributed by atoms with van der Waals surface area (Å²) < 4.78 is 23.1. The summed E-state index contributed by atoms with van der Waals surface area (Å²) >= 11 is 0. The van der Waals surface area contributed by atoms with Gasteiger partial charge < -0.3 is 15.7 Å². The van der Waals surface area contributed by atoms with E-state index in [0.29, 0.717) is 30.8 Å². The largest absolute Gasteiger partial charge is 0.391 e. The lowest BCUT2D eigenvalue weighted by molar-refractivity contribution is 0.0926. The molecular formula is C14H20N2O4S. The SMILES string of the molecule is Cc1ccc(S(C)(=O)=O)cc1C(=O)NCC1CNCC1O. The van der Waals surface area contributed by atoms with Gasteiger partial charge in [0, 0.05) is 37.4 Å². The Morgan fingerprint density at radius 3 is 2.71 bits per heavy atom.